The van der Waals surface area contributed by atoms with Gasteiger partial charge in [-0.2, -0.15) is 0 Å². The molecule has 0 fully saturated rings. The average molecular weight is 548 g/mol. The minimum atomic E-state index is -2.18. The Morgan fingerprint density at radius 1 is 0.639 bits per heavy atom. The van der Waals surface area contributed by atoms with E-state index < -0.39 is 17.1 Å². The molecule has 0 N–H and O–H groups in total. The molecule has 2 unspecified atom stereocenters. The lowest BCUT2D eigenvalue weighted by atomic mass is 9.94. The lowest BCUT2D eigenvalue weighted by Crippen LogP contribution is -2.39. The normalized spacial score (nSPS) is 14.3. The van der Waals surface area contributed by atoms with Gasteiger partial charge < -0.3 is 22.6 Å². The summed E-state index contributed by atoms with van der Waals surface area (Å²) in [6.07, 6.45) is 4.38. The highest BCUT2D eigenvalue weighted by Crippen LogP contribution is 2.21. The number of carbonyl (C=O) groups excluding carboxylic acids is 2. The molecule has 0 aromatic carbocycles. The largest absolute Gasteiger partial charge is 0.395 e. The standard InChI is InChI=1S/C27H57NO6Si2/c1-10-24(26(29)18-16-20-35(8,31-12-3)32-13-4)22-28(7)23-25(11-2)27(30)19-17-21-36(9,33-14-5)34-15-6/h24-25H,10-23H2,1-9H3. The highest BCUT2D eigenvalue weighted by atomic mass is 28.4. The van der Waals surface area contributed by atoms with E-state index in [2.05, 4.69) is 31.8 Å². The van der Waals surface area contributed by atoms with Crippen LogP contribution >= 0.6 is 0 Å². The Kier molecular flexibility index (Phi) is 19.4. The first kappa shape index (κ1) is 35.6. The fourth-order valence-corrected chi connectivity index (χ4v) is 9.74. The second-order valence-electron chi connectivity index (χ2n) is 10.1. The molecule has 0 bridgehead atoms. The highest BCUT2D eigenvalue weighted by Gasteiger charge is 2.32. The van der Waals surface area contributed by atoms with Crippen LogP contribution in [0.4, 0.5) is 0 Å². The number of rotatable bonds is 24. The third-order valence-corrected chi connectivity index (χ3v) is 13.0. The predicted molar refractivity (Wildman–Crippen MR) is 153 cm³/mol. The van der Waals surface area contributed by atoms with E-state index >= 15 is 0 Å². The number of Topliss-reactive ketones (excluding diaryl/α,β-unsaturated/α-hetero) is 2. The Labute approximate surface area is 224 Å². The van der Waals surface area contributed by atoms with Crippen LogP contribution in [0, 0.1) is 11.8 Å². The van der Waals surface area contributed by atoms with Gasteiger partial charge in [0, 0.05) is 64.2 Å². The average Bonchev–Trinajstić information content (AvgIpc) is 2.81. The summed E-state index contributed by atoms with van der Waals surface area (Å²) in [5.41, 5.74) is 0. The summed E-state index contributed by atoms with van der Waals surface area (Å²) in [5.74, 6) is 0.617. The number of ketones is 2. The zero-order chi connectivity index (χ0) is 27.6. The topological polar surface area (TPSA) is 74.3 Å². The monoisotopic (exact) mass is 547 g/mol. The molecule has 0 heterocycles. The van der Waals surface area contributed by atoms with Crippen molar-refractivity contribution in [3.63, 3.8) is 0 Å². The van der Waals surface area contributed by atoms with Gasteiger partial charge in [0.1, 0.15) is 11.6 Å². The zero-order valence-corrected chi connectivity index (χ0v) is 27.0. The Bertz CT molecular complexity index is 545. The Morgan fingerprint density at radius 3 is 1.19 bits per heavy atom. The minimum absolute atomic E-state index is 0.00110. The molecule has 214 valence electrons. The van der Waals surface area contributed by atoms with Crippen LogP contribution in [0.3, 0.4) is 0 Å². The number of carbonyl (C=O) groups is 2. The Hall–Kier alpha value is -0.426. The van der Waals surface area contributed by atoms with Gasteiger partial charge in [-0.05, 0) is 85.6 Å². The molecule has 0 saturated heterocycles. The van der Waals surface area contributed by atoms with Crippen LogP contribution in [0.2, 0.25) is 25.2 Å². The molecule has 0 aromatic rings. The van der Waals surface area contributed by atoms with Gasteiger partial charge >= 0.3 is 17.1 Å². The first-order chi connectivity index (χ1) is 17.0. The number of hydrogen-bond acceptors (Lipinski definition) is 7. The van der Waals surface area contributed by atoms with Crippen molar-refractivity contribution in [2.24, 2.45) is 11.8 Å². The molecule has 0 aliphatic carbocycles. The summed E-state index contributed by atoms with van der Waals surface area (Å²) in [4.78, 5) is 28.1. The number of nitrogens with zero attached hydrogens (tertiary/aromatic N) is 1. The van der Waals surface area contributed by atoms with Crippen LogP contribution in [-0.2, 0) is 27.3 Å². The van der Waals surface area contributed by atoms with E-state index in [1.165, 1.54) is 0 Å². The van der Waals surface area contributed by atoms with Crippen LogP contribution in [0.1, 0.15) is 80.1 Å². The van der Waals surface area contributed by atoms with Gasteiger partial charge in [0.2, 0.25) is 0 Å². The van der Waals surface area contributed by atoms with Crippen LogP contribution < -0.4 is 0 Å². The van der Waals surface area contributed by atoms with Gasteiger partial charge in [-0.15, -0.1) is 0 Å². The maximum Gasteiger partial charge on any atom is 0.334 e. The van der Waals surface area contributed by atoms with Gasteiger partial charge in [-0.3, -0.25) is 9.59 Å². The van der Waals surface area contributed by atoms with Crippen molar-refractivity contribution in [3.8, 4) is 0 Å². The molecule has 0 saturated carbocycles. The maximum atomic E-state index is 13.0. The molecule has 9 heteroatoms. The summed E-state index contributed by atoms with van der Waals surface area (Å²) in [6, 6.07) is 1.68. The van der Waals surface area contributed by atoms with Crippen molar-refractivity contribution in [3.05, 3.63) is 0 Å². The minimum Gasteiger partial charge on any atom is -0.395 e. The third-order valence-electron chi connectivity index (χ3n) is 6.87. The lowest BCUT2D eigenvalue weighted by Gasteiger charge is -2.28. The molecule has 0 aromatic heterocycles. The summed E-state index contributed by atoms with van der Waals surface area (Å²) in [7, 11) is -2.32. The van der Waals surface area contributed by atoms with E-state index in [1.807, 2.05) is 34.7 Å². The van der Waals surface area contributed by atoms with Gasteiger partial charge in [-0.1, -0.05) is 13.8 Å². The fourth-order valence-electron chi connectivity index (χ4n) is 4.91. The molecule has 0 amide bonds. The van der Waals surface area contributed by atoms with E-state index in [0.29, 0.717) is 63.9 Å². The van der Waals surface area contributed by atoms with E-state index in [4.69, 9.17) is 17.7 Å². The summed E-state index contributed by atoms with van der Waals surface area (Å²) in [6.45, 7) is 20.3. The Morgan fingerprint density at radius 2 is 0.944 bits per heavy atom. The van der Waals surface area contributed by atoms with Crippen molar-refractivity contribution in [1.82, 2.24) is 4.90 Å². The van der Waals surface area contributed by atoms with Crippen molar-refractivity contribution in [1.29, 1.82) is 0 Å². The fraction of sp³-hybridized carbons (Fsp3) is 0.926. The van der Waals surface area contributed by atoms with Gasteiger partial charge in [0.15, 0.2) is 0 Å². The molecule has 0 aliphatic rings. The quantitative estimate of drug-likeness (QED) is 0.138. The van der Waals surface area contributed by atoms with E-state index in [-0.39, 0.29) is 11.8 Å². The van der Waals surface area contributed by atoms with Gasteiger partial charge in [-0.25, -0.2) is 0 Å². The smallest absolute Gasteiger partial charge is 0.334 e. The molecule has 36 heavy (non-hydrogen) atoms. The summed E-state index contributed by atoms with van der Waals surface area (Å²) in [5, 5.41) is 0. The molecule has 0 radical (unpaired) electrons. The third kappa shape index (κ3) is 14.5. The molecular weight excluding hydrogens is 490 g/mol. The lowest BCUT2D eigenvalue weighted by molar-refractivity contribution is -0.124. The van der Waals surface area contributed by atoms with Gasteiger partial charge in [0.05, 0.1) is 0 Å². The van der Waals surface area contributed by atoms with Crippen molar-refractivity contribution in [2.45, 2.75) is 105 Å². The molecule has 0 aliphatic heterocycles. The second-order valence-corrected chi connectivity index (χ2v) is 16.8. The maximum absolute atomic E-state index is 13.0. The predicted octanol–water partition coefficient (Wildman–Crippen LogP) is 5.96. The van der Waals surface area contributed by atoms with Crippen molar-refractivity contribution < 1.29 is 27.3 Å². The van der Waals surface area contributed by atoms with Crippen LogP contribution in [0.25, 0.3) is 0 Å². The van der Waals surface area contributed by atoms with E-state index in [1.54, 1.807) is 0 Å². The second kappa shape index (κ2) is 19.6. The first-order valence-corrected chi connectivity index (χ1v) is 19.4. The summed E-state index contributed by atoms with van der Waals surface area (Å²) >= 11 is 0. The summed E-state index contributed by atoms with van der Waals surface area (Å²) < 4.78 is 23.6. The van der Waals surface area contributed by atoms with Crippen LogP contribution in [-0.4, -0.2) is 80.2 Å². The molecule has 7 nitrogen and oxygen atoms in total. The van der Waals surface area contributed by atoms with E-state index in [0.717, 1.165) is 37.8 Å². The molecule has 0 rings (SSSR count). The van der Waals surface area contributed by atoms with Crippen molar-refractivity contribution in [2.75, 3.05) is 46.6 Å². The highest BCUT2D eigenvalue weighted by molar-refractivity contribution is 6.66. The molecular formula is C27H57NO6Si2. The SMILES string of the molecule is CCO[Si](C)(CCCC(=O)C(CC)CN(C)CC(CC)C(=O)CCC[Si](C)(OCC)OCC)OCC. The molecule has 2 atom stereocenters. The van der Waals surface area contributed by atoms with Crippen molar-refractivity contribution >= 4 is 28.7 Å². The molecule has 0 spiro atoms. The Balaban J connectivity index is 4.70. The first-order valence-electron chi connectivity index (χ1n) is 14.3. The van der Waals surface area contributed by atoms with E-state index in [9.17, 15) is 9.59 Å². The van der Waals surface area contributed by atoms with Gasteiger partial charge in [0.25, 0.3) is 0 Å². The van der Waals surface area contributed by atoms with Crippen LogP contribution in [0.5, 0.6) is 0 Å². The number of hydrogen-bond donors (Lipinski definition) is 0. The van der Waals surface area contributed by atoms with Crippen LogP contribution in [0.15, 0.2) is 0 Å². The zero-order valence-electron chi connectivity index (χ0n) is 25.0.